The minimum absolute atomic E-state index is 0.258. The summed E-state index contributed by atoms with van der Waals surface area (Å²) >= 11 is 1.71. The summed E-state index contributed by atoms with van der Waals surface area (Å²) in [6.45, 7) is 1.14. The largest absolute Gasteiger partial charge is 0.381 e. The highest BCUT2D eigenvalue weighted by atomic mass is 32.2. The van der Waals surface area contributed by atoms with Gasteiger partial charge in [-0.3, -0.25) is 9.48 Å². The monoisotopic (exact) mass is 447 g/mol. The van der Waals surface area contributed by atoms with Gasteiger partial charge in [-0.15, -0.1) is 0 Å². The number of hydrogen-bond donors (Lipinski definition) is 1. The normalized spacial score (nSPS) is 18.6. The molecule has 3 aromatic rings. The number of amides is 1. The van der Waals surface area contributed by atoms with E-state index in [0.717, 1.165) is 15.4 Å². The molecule has 5 rings (SSSR count). The predicted molar refractivity (Wildman–Crippen MR) is 127 cm³/mol. The van der Waals surface area contributed by atoms with Gasteiger partial charge in [0.2, 0.25) is 5.91 Å². The molecule has 6 heteroatoms. The molecule has 2 N–H and O–H groups in total. The highest BCUT2D eigenvalue weighted by Gasteiger charge is 2.40. The number of hydrogen-bond acceptors (Lipinski definition) is 4. The number of carbonyl (C=O) groups is 1. The summed E-state index contributed by atoms with van der Waals surface area (Å²) in [4.78, 5) is 14.6. The molecular formula is C26H29N3O2S. The predicted octanol–water partition coefficient (Wildman–Crippen LogP) is 5.35. The van der Waals surface area contributed by atoms with Crippen molar-refractivity contribution in [1.29, 1.82) is 0 Å². The molecular weight excluding hydrogens is 418 g/mol. The molecule has 2 aromatic carbocycles. The van der Waals surface area contributed by atoms with Crippen LogP contribution in [0.4, 0.5) is 0 Å². The van der Waals surface area contributed by atoms with Crippen molar-refractivity contribution >= 4 is 17.7 Å². The number of rotatable bonds is 6. The van der Waals surface area contributed by atoms with Crippen molar-refractivity contribution < 1.29 is 9.53 Å². The minimum Gasteiger partial charge on any atom is -0.381 e. The lowest BCUT2D eigenvalue weighted by Gasteiger charge is -2.34. The number of primary amides is 1. The Bertz CT molecular complexity index is 1080. The summed E-state index contributed by atoms with van der Waals surface area (Å²) in [6, 6.07) is 19.6. The summed E-state index contributed by atoms with van der Waals surface area (Å²) in [5.74, 6) is -0.258. The maximum Gasteiger partial charge on any atom is 0.228 e. The second kappa shape index (κ2) is 9.12. The number of nitrogens with zero attached hydrogens (tertiary/aromatic N) is 2. The summed E-state index contributed by atoms with van der Waals surface area (Å²) < 4.78 is 7.69. The molecule has 0 unspecified atom stereocenters. The van der Waals surface area contributed by atoms with Crippen molar-refractivity contribution in [2.75, 3.05) is 13.2 Å². The maximum atomic E-state index is 12.4. The molecule has 32 heavy (non-hydrogen) atoms. The Morgan fingerprint density at radius 2 is 1.78 bits per heavy atom. The van der Waals surface area contributed by atoms with Crippen molar-refractivity contribution in [3.63, 3.8) is 0 Å². The lowest BCUT2D eigenvalue weighted by molar-refractivity contribution is -0.127. The van der Waals surface area contributed by atoms with Gasteiger partial charge in [0.05, 0.1) is 17.2 Å². The Hall–Kier alpha value is -2.57. The van der Waals surface area contributed by atoms with Crippen molar-refractivity contribution in [1.82, 2.24) is 9.78 Å². The van der Waals surface area contributed by atoms with Gasteiger partial charge in [0.1, 0.15) is 0 Å². The van der Waals surface area contributed by atoms with Crippen LogP contribution in [0.25, 0.3) is 11.3 Å². The van der Waals surface area contributed by atoms with Gasteiger partial charge in [-0.05, 0) is 67.1 Å². The number of carbonyl (C=O) groups excluding carboxylic acids is 1. The van der Waals surface area contributed by atoms with E-state index in [1.165, 1.54) is 36.9 Å². The van der Waals surface area contributed by atoms with Crippen molar-refractivity contribution in [2.45, 2.75) is 59.8 Å². The molecule has 1 aromatic heterocycles. The van der Waals surface area contributed by atoms with Gasteiger partial charge in [-0.1, -0.05) is 48.9 Å². The van der Waals surface area contributed by atoms with Crippen LogP contribution in [-0.4, -0.2) is 28.9 Å². The standard InChI is InChI=1S/C26H29N3O2S/c27-25(30)26(13-16-31-17-14-26)20-4-3-7-23(18-20)32-22-10-8-19(9-11-22)24-12-15-28-29(24)21-5-1-2-6-21/h3-4,7-12,15,18,21H,1-2,5-6,13-14,16-17H2,(H2,27,30). The van der Waals surface area contributed by atoms with Gasteiger partial charge in [-0.25, -0.2) is 0 Å². The van der Waals surface area contributed by atoms with Crippen molar-refractivity contribution in [2.24, 2.45) is 5.73 Å². The van der Waals surface area contributed by atoms with Crippen LogP contribution in [0, 0.1) is 0 Å². The maximum absolute atomic E-state index is 12.4. The molecule has 5 nitrogen and oxygen atoms in total. The fourth-order valence-corrected chi connectivity index (χ4v) is 5.94. The van der Waals surface area contributed by atoms with Gasteiger partial charge in [0.25, 0.3) is 0 Å². The van der Waals surface area contributed by atoms with Gasteiger partial charge in [-0.2, -0.15) is 5.10 Å². The molecule has 0 atom stereocenters. The average Bonchev–Trinajstić information content (AvgIpc) is 3.52. The Labute approximate surface area is 193 Å². The second-order valence-electron chi connectivity index (χ2n) is 8.81. The van der Waals surface area contributed by atoms with Gasteiger partial charge in [0, 0.05) is 29.2 Å². The Morgan fingerprint density at radius 1 is 1.03 bits per heavy atom. The van der Waals surface area contributed by atoms with E-state index in [4.69, 9.17) is 10.5 Å². The zero-order chi connectivity index (χ0) is 22.0. The Kier molecular flexibility index (Phi) is 6.07. The van der Waals surface area contributed by atoms with Crippen LogP contribution in [0.15, 0.2) is 70.6 Å². The van der Waals surface area contributed by atoms with Gasteiger partial charge < -0.3 is 10.5 Å². The van der Waals surface area contributed by atoms with E-state index >= 15 is 0 Å². The SMILES string of the molecule is NC(=O)C1(c2cccc(Sc3ccc(-c4ccnn4C4CCCC4)cc3)c2)CCOCC1. The zero-order valence-corrected chi connectivity index (χ0v) is 19.0. The topological polar surface area (TPSA) is 70.1 Å². The third kappa shape index (κ3) is 4.09. The van der Waals surface area contributed by atoms with E-state index in [0.29, 0.717) is 32.1 Å². The molecule has 0 radical (unpaired) electrons. The van der Waals surface area contributed by atoms with Crippen LogP contribution < -0.4 is 5.73 Å². The van der Waals surface area contributed by atoms with Crippen molar-refractivity contribution in [3.05, 3.63) is 66.4 Å². The van der Waals surface area contributed by atoms with E-state index in [2.05, 4.69) is 52.2 Å². The molecule has 2 heterocycles. The molecule has 0 bridgehead atoms. The van der Waals surface area contributed by atoms with Crippen LogP contribution >= 0.6 is 11.8 Å². The van der Waals surface area contributed by atoms with Crippen LogP contribution in [-0.2, 0) is 14.9 Å². The van der Waals surface area contributed by atoms with E-state index < -0.39 is 5.41 Å². The summed E-state index contributed by atoms with van der Waals surface area (Å²) in [5.41, 5.74) is 8.61. The van der Waals surface area contributed by atoms with Crippen LogP contribution in [0.2, 0.25) is 0 Å². The average molecular weight is 448 g/mol. The lowest BCUT2D eigenvalue weighted by Crippen LogP contribution is -2.45. The number of aromatic nitrogens is 2. The van der Waals surface area contributed by atoms with E-state index in [1.54, 1.807) is 11.8 Å². The second-order valence-corrected chi connectivity index (χ2v) is 9.96. The molecule has 1 aliphatic carbocycles. The number of benzene rings is 2. The number of ether oxygens (including phenoxy) is 1. The van der Waals surface area contributed by atoms with E-state index in [9.17, 15) is 4.79 Å². The first-order valence-corrected chi connectivity index (χ1v) is 12.3. The third-order valence-corrected chi connectivity index (χ3v) is 7.93. The summed E-state index contributed by atoms with van der Waals surface area (Å²) in [6.07, 6.45) is 8.22. The van der Waals surface area contributed by atoms with Crippen LogP contribution in [0.5, 0.6) is 0 Å². The van der Waals surface area contributed by atoms with Gasteiger partial charge in [0.15, 0.2) is 0 Å². The first-order chi connectivity index (χ1) is 15.7. The zero-order valence-electron chi connectivity index (χ0n) is 18.2. The summed E-state index contributed by atoms with van der Waals surface area (Å²) in [5, 5.41) is 4.60. The fourth-order valence-electron chi connectivity index (χ4n) is 5.07. The molecule has 2 aliphatic rings. The molecule has 1 saturated heterocycles. The van der Waals surface area contributed by atoms with Crippen LogP contribution in [0.3, 0.4) is 0 Å². The molecule has 166 valence electrons. The first-order valence-electron chi connectivity index (χ1n) is 11.5. The lowest BCUT2D eigenvalue weighted by atomic mass is 9.73. The van der Waals surface area contributed by atoms with Gasteiger partial charge >= 0.3 is 0 Å². The van der Waals surface area contributed by atoms with Crippen molar-refractivity contribution in [3.8, 4) is 11.3 Å². The fraction of sp³-hybridized carbons (Fsp3) is 0.385. The quantitative estimate of drug-likeness (QED) is 0.553. The van der Waals surface area contributed by atoms with E-state index in [1.807, 2.05) is 18.3 Å². The molecule has 1 amide bonds. The minimum atomic E-state index is -0.628. The highest BCUT2D eigenvalue weighted by molar-refractivity contribution is 7.99. The molecule has 1 aliphatic heterocycles. The summed E-state index contributed by atoms with van der Waals surface area (Å²) in [7, 11) is 0. The molecule has 0 spiro atoms. The van der Waals surface area contributed by atoms with Crippen LogP contribution in [0.1, 0.15) is 50.1 Å². The highest BCUT2D eigenvalue weighted by Crippen LogP contribution is 2.38. The molecule has 1 saturated carbocycles. The first kappa shape index (κ1) is 21.3. The smallest absolute Gasteiger partial charge is 0.228 e. The Balaban J connectivity index is 1.35. The third-order valence-electron chi connectivity index (χ3n) is 6.93. The number of nitrogens with two attached hydrogens (primary N) is 1. The molecule has 2 fully saturated rings. The van der Waals surface area contributed by atoms with E-state index in [-0.39, 0.29) is 5.91 Å². The Morgan fingerprint density at radius 3 is 2.50 bits per heavy atom.